The molecule has 0 fully saturated rings. The second kappa shape index (κ2) is 6.31. The molecule has 8 nitrogen and oxygen atoms in total. The number of aromatic amines is 1. The Morgan fingerprint density at radius 1 is 1.29 bits per heavy atom. The average molecular weight is 330 g/mol. The van der Waals surface area contributed by atoms with Crippen molar-refractivity contribution in [1.82, 2.24) is 19.7 Å². The van der Waals surface area contributed by atoms with E-state index in [-0.39, 0.29) is 23.7 Å². The van der Waals surface area contributed by atoms with Gasteiger partial charge < -0.3 is 9.15 Å². The van der Waals surface area contributed by atoms with Crippen molar-refractivity contribution in [1.29, 1.82) is 0 Å². The van der Waals surface area contributed by atoms with Crippen molar-refractivity contribution in [3.8, 4) is 6.01 Å². The molecule has 0 amide bonds. The first-order valence-electron chi connectivity index (χ1n) is 7.75. The number of H-pyrrole nitrogens is 1. The van der Waals surface area contributed by atoms with Crippen LogP contribution in [0.15, 0.2) is 26.1 Å². The number of nitrogens with zero attached hydrogens (tertiary/aromatic N) is 3. The maximum absolute atomic E-state index is 12.3. The zero-order valence-corrected chi connectivity index (χ0v) is 13.8. The molecule has 0 atom stereocenters. The van der Waals surface area contributed by atoms with Gasteiger partial charge in [-0.1, -0.05) is 6.92 Å². The number of hydrogen-bond acceptors (Lipinski definition) is 6. The van der Waals surface area contributed by atoms with E-state index in [1.807, 2.05) is 31.5 Å². The Labute approximate surface area is 137 Å². The van der Waals surface area contributed by atoms with Crippen molar-refractivity contribution in [2.75, 3.05) is 0 Å². The minimum absolute atomic E-state index is 0.00501. The van der Waals surface area contributed by atoms with Crippen LogP contribution in [-0.4, -0.2) is 19.7 Å². The van der Waals surface area contributed by atoms with Crippen molar-refractivity contribution in [3.05, 3.63) is 49.9 Å². The molecule has 3 rings (SSSR count). The molecular weight excluding hydrogens is 312 g/mol. The Morgan fingerprint density at radius 3 is 2.79 bits per heavy atom. The second-order valence-corrected chi connectivity index (χ2v) is 5.38. The average Bonchev–Trinajstić information content (AvgIpc) is 2.91. The van der Waals surface area contributed by atoms with Gasteiger partial charge in [0, 0.05) is 12.6 Å². The molecule has 0 aliphatic rings. The highest BCUT2D eigenvalue weighted by atomic mass is 16.5. The predicted octanol–water partition coefficient (Wildman–Crippen LogP) is 1.54. The molecular formula is C16H18N4O4. The van der Waals surface area contributed by atoms with Crippen LogP contribution in [0.5, 0.6) is 6.01 Å². The molecule has 0 bridgehead atoms. The zero-order chi connectivity index (χ0) is 17.3. The van der Waals surface area contributed by atoms with E-state index in [1.54, 1.807) is 0 Å². The van der Waals surface area contributed by atoms with Crippen LogP contribution in [-0.2, 0) is 19.6 Å². The Kier molecular flexibility index (Phi) is 4.20. The molecule has 1 N–H and O–H groups in total. The van der Waals surface area contributed by atoms with Gasteiger partial charge in [0.05, 0.1) is 11.4 Å². The second-order valence-electron chi connectivity index (χ2n) is 5.38. The fraction of sp³-hybridized carbons (Fsp3) is 0.375. The van der Waals surface area contributed by atoms with Gasteiger partial charge in [-0.05, 0) is 31.9 Å². The summed E-state index contributed by atoms with van der Waals surface area (Å²) in [7, 11) is 0. The van der Waals surface area contributed by atoms with Crippen LogP contribution in [0, 0.1) is 6.92 Å². The van der Waals surface area contributed by atoms with Gasteiger partial charge in [0.25, 0.3) is 11.6 Å². The lowest BCUT2D eigenvalue weighted by Gasteiger charge is -2.07. The Bertz CT molecular complexity index is 999. The van der Waals surface area contributed by atoms with E-state index in [1.165, 1.54) is 6.07 Å². The van der Waals surface area contributed by atoms with E-state index >= 15 is 0 Å². The molecule has 0 saturated carbocycles. The Hall–Kier alpha value is -2.90. The SMILES string of the molecule is CCc1cc(=O)oc2nc(OCc3cc(C)nn3CC)[nH]c(=O)c12. The van der Waals surface area contributed by atoms with Crippen LogP contribution < -0.4 is 15.9 Å². The van der Waals surface area contributed by atoms with Gasteiger partial charge in [-0.25, -0.2) is 4.79 Å². The molecule has 0 saturated heterocycles. The zero-order valence-electron chi connectivity index (χ0n) is 13.8. The quantitative estimate of drug-likeness (QED) is 0.761. The van der Waals surface area contributed by atoms with Crippen LogP contribution in [0.4, 0.5) is 0 Å². The maximum atomic E-state index is 12.3. The molecule has 0 aliphatic carbocycles. The number of hydrogen-bond donors (Lipinski definition) is 1. The fourth-order valence-corrected chi connectivity index (χ4v) is 2.61. The maximum Gasteiger partial charge on any atom is 0.337 e. The molecule has 0 unspecified atom stereocenters. The lowest BCUT2D eigenvalue weighted by molar-refractivity contribution is 0.268. The number of aromatic nitrogens is 4. The topological polar surface area (TPSA) is 103 Å². The van der Waals surface area contributed by atoms with Gasteiger partial charge in [-0.2, -0.15) is 10.1 Å². The number of ether oxygens (including phenoxy) is 1. The first-order chi connectivity index (χ1) is 11.5. The van der Waals surface area contributed by atoms with E-state index in [4.69, 9.17) is 9.15 Å². The summed E-state index contributed by atoms with van der Waals surface area (Å²) in [6, 6.07) is 3.21. The van der Waals surface area contributed by atoms with Crippen molar-refractivity contribution in [2.45, 2.75) is 40.3 Å². The molecule has 0 aromatic carbocycles. The molecule has 3 aromatic heterocycles. The highest BCUT2D eigenvalue weighted by Gasteiger charge is 2.13. The standard InChI is InChI=1S/C16H18N4O4/c1-4-10-7-12(21)24-15-13(10)14(22)17-16(18-15)23-8-11-6-9(3)19-20(11)5-2/h6-7H,4-5,8H2,1-3H3,(H,17,18,22). The van der Waals surface area contributed by atoms with E-state index in [0.717, 1.165) is 11.4 Å². The molecule has 126 valence electrons. The van der Waals surface area contributed by atoms with Gasteiger partial charge in [0.2, 0.25) is 5.71 Å². The number of fused-ring (bicyclic) bond motifs is 1. The third-order valence-corrected chi connectivity index (χ3v) is 3.70. The van der Waals surface area contributed by atoms with Crippen LogP contribution in [0.2, 0.25) is 0 Å². The van der Waals surface area contributed by atoms with Gasteiger partial charge in [0.1, 0.15) is 12.0 Å². The Balaban J connectivity index is 1.96. The third-order valence-electron chi connectivity index (χ3n) is 3.70. The molecule has 3 aromatic rings. The summed E-state index contributed by atoms with van der Waals surface area (Å²) in [4.78, 5) is 30.5. The van der Waals surface area contributed by atoms with Crippen molar-refractivity contribution in [2.24, 2.45) is 0 Å². The van der Waals surface area contributed by atoms with E-state index in [2.05, 4.69) is 15.1 Å². The molecule has 0 spiro atoms. The van der Waals surface area contributed by atoms with Crippen molar-refractivity contribution < 1.29 is 9.15 Å². The summed E-state index contributed by atoms with van der Waals surface area (Å²) in [6.07, 6.45) is 0.530. The minimum Gasteiger partial charge on any atom is -0.458 e. The van der Waals surface area contributed by atoms with E-state index in [0.29, 0.717) is 18.5 Å². The molecule has 0 aliphatic heterocycles. The summed E-state index contributed by atoms with van der Waals surface area (Å²) in [6.45, 7) is 6.63. The fourth-order valence-electron chi connectivity index (χ4n) is 2.61. The van der Waals surface area contributed by atoms with Crippen LogP contribution in [0.1, 0.15) is 30.8 Å². The summed E-state index contributed by atoms with van der Waals surface area (Å²) in [5.41, 5.74) is 1.40. The first-order valence-corrected chi connectivity index (χ1v) is 7.75. The summed E-state index contributed by atoms with van der Waals surface area (Å²) >= 11 is 0. The van der Waals surface area contributed by atoms with Crippen LogP contribution >= 0.6 is 0 Å². The summed E-state index contributed by atoms with van der Waals surface area (Å²) in [5, 5.41) is 4.60. The lowest BCUT2D eigenvalue weighted by atomic mass is 10.1. The number of aryl methyl sites for hydroxylation is 3. The summed E-state index contributed by atoms with van der Waals surface area (Å²) < 4.78 is 12.4. The first kappa shape index (κ1) is 16.0. The normalized spacial score (nSPS) is 11.1. The van der Waals surface area contributed by atoms with Gasteiger partial charge in [-0.15, -0.1) is 0 Å². The van der Waals surface area contributed by atoms with E-state index in [9.17, 15) is 9.59 Å². The monoisotopic (exact) mass is 330 g/mol. The summed E-state index contributed by atoms with van der Waals surface area (Å²) in [5.74, 6) is 0. The van der Waals surface area contributed by atoms with Crippen molar-refractivity contribution >= 4 is 11.1 Å². The smallest absolute Gasteiger partial charge is 0.337 e. The van der Waals surface area contributed by atoms with Crippen LogP contribution in [0.3, 0.4) is 0 Å². The Morgan fingerprint density at radius 2 is 2.08 bits per heavy atom. The molecule has 24 heavy (non-hydrogen) atoms. The van der Waals surface area contributed by atoms with Gasteiger partial charge >= 0.3 is 5.63 Å². The van der Waals surface area contributed by atoms with Crippen molar-refractivity contribution in [3.63, 3.8) is 0 Å². The van der Waals surface area contributed by atoms with Gasteiger partial charge in [-0.3, -0.25) is 14.5 Å². The highest BCUT2D eigenvalue weighted by molar-refractivity contribution is 5.75. The molecule has 8 heteroatoms. The molecule has 0 radical (unpaired) electrons. The van der Waals surface area contributed by atoms with Gasteiger partial charge in [0.15, 0.2) is 0 Å². The number of nitrogens with one attached hydrogen (secondary N) is 1. The largest absolute Gasteiger partial charge is 0.458 e. The van der Waals surface area contributed by atoms with Crippen LogP contribution in [0.25, 0.3) is 11.1 Å². The number of rotatable bonds is 5. The highest BCUT2D eigenvalue weighted by Crippen LogP contribution is 2.14. The molecule has 3 heterocycles. The third kappa shape index (κ3) is 2.94. The lowest BCUT2D eigenvalue weighted by Crippen LogP contribution is -2.15. The van der Waals surface area contributed by atoms with E-state index < -0.39 is 11.2 Å². The predicted molar refractivity (Wildman–Crippen MR) is 87.2 cm³/mol. The minimum atomic E-state index is -0.539.